The standard InChI is InChI=1S/C24H31N5O2/c1-19-4-3-5-23(14-19)31-24(30)28-12-10-27(11-13-28)17-22-15-26-18-29(22)16-20-6-8-21(25-2)9-7-20/h6-9,15,18-19,23H,3-5,10-14,16-17H2,1H3. The molecule has 0 radical (unpaired) electrons. The van der Waals surface area contributed by atoms with Gasteiger partial charge in [0.05, 0.1) is 18.6 Å². The molecule has 2 atom stereocenters. The monoisotopic (exact) mass is 421 g/mol. The van der Waals surface area contributed by atoms with Crippen LogP contribution in [0.5, 0.6) is 0 Å². The van der Waals surface area contributed by atoms with E-state index in [0.717, 1.165) is 56.7 Å². The Labute approximate surface area is 184 Å². The first-order valence-corrected chi connectivity index (χ1v) is 11.2. The normalized spacial score (nSPS) is 22.1. The fraction of sp³-hybridized carbons (Fsp3) is 0.542. The molecule has 7 nitrogen and oxygen atoms in total. The third kappa shape index (κ3) is 5.65. The second-order valence-corrected chi connectivity index (χ2v) is 8.83. The van der Waals surface area contributed by atoms with Crippen LogP contribution in [-0.2, 0) is 17.8 Å². The molecule has 1 aromatic carbocycles. The Hall–Kier alpha value is -2.85. The van der Waals surface area contributed by atoms with Crippen LogP contribution in [0.1, 0.15) is 43.9 Å². The lowest BCUT2D eigenvalue weighted by molar-refractivity contribution is 0.0241. The maximum atomic E-state index is 12.6. The van der Waals surface area contributed by atoms with Gasteiger partial charge in [-0.3, -0.25) is 4.90 Å². The number of carbonyl (C=O) groups is 1. The van der Waals surface area contributed by atoms with Gasteiger partial charge in [0.15, 0.2) is 5.69 Å². The zero-order valence-electron chi connectivity index (χ0n) is 18.2. The average Bonchev–Trinajstić information content (AvgIpc) is 3.21. The summed E-state index contributed by atoms with van der Waals surface area (Å²) in [6.07, 6.45) is 8.12. The molecule has 2 aliphatic rings. The highest BCUT2D eigenvalue weighted by atomic mass is 16.6. The van der Waals surface area contributed by atoms with Crippen LogP contribution < -0.4 is 0 Å². The summed E-state index contributed by atoms with van der Waals surface area (Å²) < 4.78 is 7.93. The van der Waals surface area contributed by atoms with Gasteiger partial charge in [-0.15, -0.1) is 0 Å². The Kier molecular flexibility index (Phi) is 6.88. The van der Waals surface area contributed by atoms with Crippen molar-refractivity contribution in [3.05, 3.63) is 59.5 Å². The number of rotatable bonds is 5. The predicted molar refractivity (Wildman–Crippen MR) is 119 cm³/mol. The molecule has 2 fully saturated rings. The van der Waals surface area contributed by atoms with E-state index in [4.69, 9.17) is 11.3 Å². The second kappa shape index (κ2) is 9.97. The van der Waals surface area contributed by atoms with Gasteiger partial charge in [-0.25, -0.2) is 14.6 Å². The zero-order valence-corrected chi connectivity index (χ0v) is 18.2. The number of benzene rings is 1. The largest absolute Gasteiger partial charge is 0.446 e. The minimum absolute atomic E-state index is 0.0903. The highest BCUT2D eigenvalue weighted by molar-refractivity contribution is 5.68. The summed E-state index contributed by atoms with van der Waals surface area (Å²) in [5, 5.41) is 0. The van der Waals surface area contributed by atoms with Crippen molar-refractivity contribution in [3.63, 3.8) is 0 Å². The summed E-state index contributed by atoms with van der Waals surface area (Å²) in [4.78, 5) is 24.5. The van der Waals surface area contributed by atoms with E-state index in [1.807, 2.05) is 41.7 Å². The Morgan fingerprint density at radius 3 is 2.65 bits per heavy atom. The molecule has 1 saturated carbocycles. The summed E-state index contributed by atoms with van der Waals surface area (Å²) in [5.41, 5.74) is 2.96. The molecule has 4 rings (SSSR count). The molecule has 0 bridgehead atoms. The van der Waals surface area contributed by atoms with Gasteiger partial charge in [0.1, 0.15) is 6.10 Å². The lowest BCUT2D eigenvalue weighted by atomic mass is 9.89. The summed E-state index contributed by atoms with van der Waals surface area (Å²) in [7, 11) is 0. The molecule has 2 heterocycles. The smallest absolute Gasteiger partial charge is 0.410 e. The molecule has 1 aliphatic carbocycles. The first-order valence-electron chi connectivity index (χ1n) is 11.2. The highest BCUT2D eigenvalue weighted by Crippen LogP contribution is 2.26. The van der Waals surface area contributed by atoms with Crippen molar-refractivity contribution >= 4 is 11.8 Å². The van der Waals surface area contributed by atoms with E-state index in [0.29, 0.717) is 24.7 Å². The van der Waals surface area contributed by atoms with Crippen molar-refractivity contribution < 1.29 is 9.53 Å². The Balaban J connectivity index is 1.26. The first kappa shape index (κ1) is 21.4. The minimum atomic E-state index is -0.147. The van der Waals surface area contributed by atoms with Gasteiger partial charge in [-0.1, -0.05) is 37.6 Å². The third-order valence-corrected chi connectivity index (χ3v) is 6.39. The van der Waals surface area contributed by atoms with Crippen LogP contribution in [0.4, 0.5) is 10.5 Å². The molecule has 1 saturated heterocycles. The number of aromatic nitrogens is 2. The Morgan fingerprint density at radius 2 is 1.94 bits per heavy atom. The van der Waals surface area contributed by atoms with Gasteiger partial charge >= 0.3 is 6.09 Å². The number of ether oxygens (including phenoxy) is 1. The molecular weight excluding hydrogens is 390 g/mol. The van der Waals surface area contributed by atoms with Crippen LogP contribution >= 0.6 is 0 Å². The number of hydrogen-bond donors (Lipinski definition) is 0. The topological polar surface area (TPSA) is 55.0 Å². The Bertz CT molecular complexity index is 909. The van der Waals surface area contributed by atoms with E-state index in [9.17, 15) is 4.79 Å². The predicted octanol–water partition coefficient (Wildman–Crippen LogP) is 4.32. The van der Waals surface area contributed by atoms with E-state index >= 15 is 0 Å². The van der Waals surface area contributed by atoms with Gasteiger partial charge in [-0.2, -0.15) is 0 Å². The summed E-state index contributed by atoms with van der Waals surface area (Å²) in [6, 6.07) is 7.69. The van der Waals surface area contributed by atoms with Crippen molar-refractivity contribution in [3.8, 4) is 0 Å². The van der Waals surface area contributed by atoms with E-state index in [1.54, 1.807) is 0 Å². The molecule has 7 heteroatoms. The number of piperazine rings is 1. The fourth-order valence-electron chi connectivity index (χ4n) is 4.52. The lowest BCUT2D eigenvalue weighted by Crippen LogP contribution is -2.49. The number of nitrogens with zero attached hydrogens (tertiary/aromatic N) is 5. The molecule has 164 valence electrons. The van der Waals surface area contributed by atoms with Crippen LogP contribution in [0.25, 0.3) is 4.85 Å². The molecule has 0 spiro atoms. The van der Waals surface area contributed by atoms with Crippen molar-refractivity contribution in [2.24, 2.45) is 5.92 Å². The third-order valence-electron chi connectivity index (χ3n) is 6.39. The molecule has 1 aliphatic heterocycles. The summed E-state index contributed by atoms with van der Waals surface area (Å²) in [5.74, 6) is 0.652. The van der Waals surface area contributed by atoms with Crippen LogP contribution in [0.3, 0.4) is 0 Å². The first-order chi connectivity index (χ1) is 15.1. The quantitative estimate of drug-likeness (QED) is 0.675. The van der Waals surface area contributed by atoms with Crippen molar-refractivity contribution in [2.75, 3.05) is 26.2 Å². The van der Waals surface area contributed by atoms with Crippen molar-refractivity contribution in [2.45, 2.75) is 51.8 Å². The van der Waals surface area contributed by atoms with Crippen molar-refractivity contribution in [1.29, 1.82) is 0 Å². The molecule has 2 aromatic rings. The number of hydrogen-bond acceptors (Lipinski definition) is 4. The summed E-state index contributed by atoms with van der Waals surface area (Å²) >= 11 is 0. The molecule has 2 unspecified atom stereocenters. The molecule has 31 heavy (non-hydrogen) atoms. The van der Waals surface area contributed by atoms with Crippen molar-refractivity contribution in [1.82, 2.24) is 19.4 Å². The van der Waals surface area contributed by atoms with Gasteiger partial charge in [0, 0.05) is 45.5 Å². The van der Waals surface area contributed by atoms with Gasteiger partial charge in [-0.05, 0) is 30.7 Å². The number of amides is 1. The van der Waals surface area contributed by atoms with Crippen LogP contribution in [-0.4, -0.2) is 57.7 Å². The molecular formula is C24H31N5O2. The van der Waals surface area contributed by atoms with E-state index in [-0.39, 0.29) is 12.2 Å². The molecule has 1 amide bonds. The average molecular weight is 422 g/mol. The SMILES string of the molecule is [C-]#[N+]c1ccc(Cn2cncc2CN2CCN(C(=O)OC3CCCC(C)C3)CC2)cc1. The Morgan fingerprint density at radius 1 is 1.16 bits per heavy atom. The number of carbonyl (C=O) groups excluding carboxylic acids is 1. The van der Waals surface area contributed by atoms with Crippen LogP contribution in [0, 0.1) is 12.5 Å². The number of imidazole rings is 1. The highest BCUT2D eigenvalue weighted by Gasteiger charge is 2.27. The van der Waals surface area contributed by atoms with E-state index in [2.05, 4.69) is 26.2 Å². The lowest BCUT2D eigenvalue weighted by Gasteiger charge is -2.35. The molecule has 1 aromatic heterocycles. The minimum Gasteiger partial charge on any atom is -0.446 e. The van der Waals surface area contributed by atoms with Gasteiger partial charge in [0.25, 0.3) is 0 Å². The van der Waals surface area contributed by atoms with E-state index < -0.39 is 0 Å². The maximum Gasteiger partial charge on any atom is 0.410 e. The van der Waals surface area contributed by atoms with Crippen LogP contribution in [0.15, 0.2) is 36.8 Å². The summed E-state index contributed by atoms with van der Waals surface area (Å²) in [6.45, 7) is 13.9. The van der Waals surface area contributed by atoms with Gasteiger partial charge in [0.2, 0.25) is 0 Å². The second-order valence-electron chi connectivity index (χ2n) is 8.83. The van der Waals surface area contributed by atoms with Gasteiger partial charge < -0.3 is 14.2 Å². The maximum absolute atomic E-state index is 12.6. The van der Waals surface area contributed by atoms with E-state index in [1.165, 1.54) is 6.42 Å². The van der Waals surface area contributed by atoms with Crippen LogP contribution in [0.2, 0.25) is 0 Å². The molecule has 0 N–H and O–H groups in total. The zero-order chi connectivity index (χ0) is 21.6. The fourth-order valence-corrected chi connectivity index (χ4v) is 4.52.